The molecule has 0 aromatic heterocycles. The number of amides is 1. The van der Waals surface area contributed by atoms with Gasteiger partial charge in [-0.3, -0.25) is 4.79 Å². The zero-order chi connectivity index (χ0) is 14.4. The fourth-order valence-electron chi connectivity index (χ4n) is 1.53. The van der Waals surface area contributed by atoms with Gasteiger partial charge in [-0.1, -0.05) is 6.07 Å². The summed E-state index contributed by atoms with van der Waals surface area (Å²) in [6, 6.07) is 4.92. The molecule has 0 aliphatic heterocycles. The van der Waals surface area contributed by atoms with E-state index in [1.165, 1.54) is 14.2 Å². The second-order valence-corrected chi connectivity index (χ2v) is 3.97. The van der Waals surface area contributed by atoms with Gasteiger partial charge < -0.3 is 20.5 Å². The minimum absolute atomic E-state index is 0. The van der Waals surface area contributed by atoms with Gasteiger partial charge in [0.05, 0.1) is 12.7 Å². The number of nitrogens with two attached hydrogens (primary N) is 1. The third-order valence-electron chi connectivity index (χ3n) is 2.71. The van der Waals surface area contributed by atoms with Crippen molar-refractivity contribution in [2.24, 2.45) is 5.73 Å². The molecule has 1 unspecified atom stereocenters. The van der Waals surface area contributed by atoms with Gasteiger partial charge in [-0.2, -0.15) is 0 Å². The maximum atomic E-state index is 11.8. The standard InChI is InChI=1S/C13H18N2O4.ClH/c1-8-4-5-9(13(17)19-3)6-10(8)15-12(16)11(7-14)18-2;/h4-6,11H,7,14H2,1-3H3,(H,15,16);1H. The average Bonchev–Trinajstić information content (AvgIpc) is 2.41. The lowest BCUT2D eigenvalue weighted by Crippen LogP contribution is -2.36. The molecule has 0 saturated carbocycles. The van der Waals surface area contributed by atoms with E-state index in [4.69, 9.17) is 10.5 Å². The molecule has 0 fully saturated rings. The van der Waals surface area contributed by atoms with Crippen molar-refractivity contribution in [3.05, 3.63) is 29.3 Å². The van der Waals surface area contributed by atoms with Gasteiger partial charge in [0.15, 0.2) is 0 Å². The molecule has 3 N–H and O–H groups in total. The van der Waals surface area contributed by atoms with Crippen LogP contribution in [0.2, 0.25) is 0 Å². The van der Waals surface area contributed by atoms with Gasteiger partial charge in [-0.15, -0.1) is 12.4 Å². The Labute approximate surface area is 124 Å². The van der Waals surface area contributed by atoms with E-state index in [9.17, 15) is 9.59 Å². The number of hydrogen-bond donors (Lipinski definition) is 2. The van der Waals surface area contributed by atoms with Crippen LogP contribution in [0.3, 0.4) is 0 Å². The fraction of sp³-hybridized carbons (Fsp3) is 0.385. The SMILES string of the molecule is COC(=O)c1ccc(C)c(NC(=O)C(CN)OC)c1.Cl. The van der Waals surface area contributed by atoms with Crippen molar-refractivity contribution in [3.8, 4) is 0 Å². The molecule has 0 saturated heterocycles. The number of methoxy groups -OCH3 is 2. The lowest BCUT2D eigenvalue weighted by molar-refractivity contribution is -0.125. The summed E-state index contributed by atoms with van der Waals surface area (Å²) < 4.78 is 9.57. The van der Waals surface area contributed by atoms with Crippen molar-refractivity contribution in [1.82, 2.24) is 0 Å². The first kappa shape index (κ1) is 18.4. The van der Waals surface area contributed by atoms with Crippen LogP contribution in [0.1, 0.15) is 15.9 Å². The molecule has 0 spiro atoms. The van der Waals surface area contributed by atoms with Crippen LogP contribution in [0.4, 0.5) is 5.69 Å². The summed E-state index contributed by atoms with van der Waals surface area (Å²) in [7, 11) is 2.71. The molecule has 1 atom stereocenters. The van der Waals surface area contributed by atoms with Gasteiger partial charge in [-0.05, 0) is 24.6 Å². The Kier molecular flexibility index (Phi) is 7.83. The molecule has 0 aliphatic carbocycles. The third kappa shape index (κ3) is 4.48. The van der Waals surface area contributed by atoms with Crippen LogP contribution in [0.25, 0.3) is 0 Å². The van der Waals surface area contributed by atoms with Crippen LogP contribution in [0.15, 0.2) is 18.2 Å². The number of anilines is 1. The number of esters is 1. The summed E-state index contributed by atoms with van der Waals surface area (Å²) in [6.45, 7) is 1.90. The quantitative estimate of drug-likeness (QED) is 0.795. The van der Waals surface area contributed by atoms with Crippen LogP contribution in [-0.2, 0) is 14.3 Å². The molecule has 0 heterocycles. The Morgan fingerprint density at radius 3 is 2.50 bits per heavy atom. The highest BCUT2D eigenvalue weighted by molar-refractivity contribution is 5.97. The van der Waals surface area contributed by atoms with E-state index in [1.54, 1.807) is 18.2 Å². The second-order valence-electron chi connectivity index (χ2n) is 3.97. The summed E-state index contributed by atoms with van der Waals surface area (Å²) in [5.74, 6) is -0.812. The Morgan fingerprint density at radius 2 is 2.00 bits per heavy atom. The van der Waals surface area contributed by atoms with E-state index in [0.717, 1.165) is 5.56 Å². The predicted octanol–water partition coefficient (Wildman–Crippen LogP) is 1.12. The summed E-state index contributed by atoms with van der Waals surface area (Å²) in [4.78, 5) is 23.3. The molecule has 0 bridgehead atoms. The molecule has 20 heavy (non-hydrogen) atoms. The highest BCUT2D eigenvalue weighted by Crippen LogP contribution is 2.18. The molecule has 7 heteroatoms. The second kappa shape index (κ2) is 8.52. The smallest absolute Gasteiger partial charge is 0.337 e. The summed E-state index contributed by atoms with van der Waals surface area (Å²) in [5, 5.41) is 2.68. The number of aryl methyl sites for hydroxylation is 1. The summed E-state index contributed by atoms with van der Waals surface area (Å²) >= 11 is 0. The van der Waals surface area contributed by atoms with Gasteiger partial charge in [0.1, 0.15) is 6.10 Å². The molecule has 1 rings (SSSR count). The molecule has 1 aromatic carbocycles. The van der Waals surface area contributed by atoms with Gasteiger partial charge in [0, 0.05) is 19.3 Å². The maximum absolute atomic E-state index is 11.8. The largest absolute Gasteiger partial charge is 0.465 e. The number of halogens is 1. The van der Waals surface area contributed by atoms with Crippen LogP contribution in [-0.4, -0.2) is 38.7 Å². The number of carbonyl (C=O) groups is 2. The minimum Gasteiger partial charge on any atom is -0.465 e. The Morgan fingerprint density at radius 1 is 1.35 bits per heavy atom. The van der Waals surface area contributed by atoms with E-state index in [0.29, 0.717) is 11.3 Å². The topological polar surface area (TPSA) is 90.7 Å². The van der Waals surface area contributed by atoms with Crippen molar-refractivity contribution in [2.75, 3.05) is 26.1 Å². The maximum Gasteiger partial charge on any atom is 0.337 e. The normalized spacial score (nSPS) is 11.2. The molecule has 1 amide bonds. The Hall–Kier alpha value is -1.63. The fourth-order valence-corrected chi connectivity index (χ4v) is 1.53. The predicted molar refractivity (Wildman–Crippen MR) is 78.2 cm³/mol. The monoisotopic (exact) mass is 302 g/mol. The number of ether oxygens (including phenoxy) is 2. The number of carbonyl (C=O) groups excluding carboxylic acids is 2. The number of benzene rings is 1. The molecule has 112 valence electrons. The van der Waals surface area contributed by atoms with E-state index < -0.39 is 12.1 Å². The van der Waals surface area contributed by atoms with Gasteiger partial charge in [0.25, 0.3) is 5.91 Å². The molecular weight excluding hydrogens is 284 g/mol. The summed E-state index contributed by atoms with van der Waals surface area (Å²) in [6.07, 6.45) is -0.721. The van der Waals surface area contributed by atoms with Crippen molar-refractivity contribution in [3.63, 3.8) is 0 Å². The molecule has 0 radical (unpaired) electrons. The molecule has 6 nitrogen and oxygen atoms in total. The first-order valence-corrected chi connectivity index (χ1v) is 5.76. The van der Waals surface area contributed by atoms with Crippen LogP contribution in [0.5, 0.6) is 0 Å². The Bertz CT molecular complexity index is 475. The Balaban J connectivity index is 0.00000361. The molecule has 0 aliphatic rings. The van der Waals surface area contributed by atoms with Crippen molar-refractivity contribution in [1.29, 1.82) is 0 Å². The van der Waals surface area contributed by atoms with E-state index in [2.05, 4.69) is 10.1 Å². The molecule has 1 aromatic rings. The minimum atomic E-state index is -0.721. The van der Waals surface area contributed by atoms with E-state index in [1.807, 2.05) is 6.92 Å². The van der Waals surface area contributed by atoms with Crippen molar-refractivity contribution in [2.45, 2.75) is 13.0 Å². The zero-order valence-electron chi connectivity index (χ0n) is 11.6. The highest BCUT2D eigenvalue weighted by atomic mass is 35.5. The first-order chi connectivity index (χ1) is 9.03. The van der Waals surface area contributed by atoms with Crippen LogP contribution < -0.4 is 11.1 Å². The first-order valence-electron chi connectivity index (χ1n) is 5.76. The van der Waals surface area contributed by atoms with E-state index >= 15 is 0 Å². The van der Waals surface area contributed by atoms with Crippen molar-refractivity contribution >= 4 is 30.0 Å². The third-order valence-corrected chi connectivity index (χ3v) is 2.71. The van der Waals surface area contributed by atoms with E-state index in [-0.39, 0.29) is 24.9 Å². The molecular formula is C13H19ClN2O4. The number of rotatable bonds is 5. The number of nitrogens with one attached hydrogen (secondary N) is 1. The number of hydrogen-bond acceptors (Lipinski definition) is 5. The lowest BCUT2D eigenvalue weighted by atomic mass is 10.1. The van der Waals surface area contributed by atoms with Gasteiger partial charge >= 0.3 is 5.97 Å². The highest BCUT2D eigenvalue weighted by Gasteiger charge is 2.17. The van der Waals surface area contributed by atoms with Gasteiger partial charge in [0.2, 0.25) is 0 Å². The van der Waals surface area contributed by atoms with Gasteiger partial charge in [-0.25, -0.2) is 4.79 Å². The summed E-state index contributed by atoms with van der Waals surface area (Å²) in [5.41, 5.74) is 7.14. The average molecular weight is 303 g/mol. The zero-order valence-corrected chi connectivity index (χ0v) is 12.5. The van der Waals surface area contributed by atoms with Crippen LogP contribution >= 0.6 is 12.4 Å². The lowest BCUT2D eigenvalue weighted by Gasteiger charge is -2.15. The van der Waals surface area contributed by atoms with Crippen molar-refractivity contribution < 1.29 is 19.1 Å². The van der Waals surface area contributed by atoms with Crippen LogP contribution in [0, 0.1) is 6.92 Å².